The molecule has 15 heavy (non-hydrogen) atoms. The van der Waals surface area contributed by atoms with Crippen LogP contribution in [0.2, 0.25) is 0 Å². The van der Waals surface area contributed by atoms with Gasteiger partial charge in [0.2, 0.25) is 0 Å². The first-order valence-electron chi connectivity index (χ1n) is 5.74. The summed E-state index contributed by atoms with van der Waals surface area (Å²) >= 11 is 0. The molecular weight excluding hydrogens is 190 g/mol. The van der Waals surface area contributed by atoms with E-state index >= 15 is 0 Å². The highest BCUT2D eigenvalue weighted by Crippen LogP contribution is 2.37. The van der Waals surface area contributed by atoms with Crippen LogP contribution in [0.3, 0.4) is 0 Å². The maximum Gasteiger partial charge on any atom is 0.156 e. The van der Waals surface area contributed by atoms with Gasteiger partial charge in [0.1, 0.15) is 0 Å². The molecule has 2 atom stereocenters. The number of oxime groups is 1. The van der Waals surface area contributed by atoms with Gasteiger partial charge in [0.25, 0.3) is 0 Å². The molecule has 1 rings (SSSR count). The van der Waals surface area contributed by atoms with Gasteiger partial charge in [-0.15, -0.1) is 0 Å². The maximum atomic E-state index is 8.66. The molecule has 4 heteroatoms. The lowest BCUT2D eigenvalue weighted by Crippen LogP contribution is -2.49. The van der Waals surface area contributed by atoms with Gasteiger partial charge in [0.05, 0.1) is 6.04 Å². The SMILES string of the molecule is CCC(NC1CCCC1(C)C)C(N)=NO. The van der Waals surface area contributed by atoms with Gasteiger partial charge in [-0.05, 0) is 24.7 Å². The summed E-state index contributed by atoms with van der Waals surface area (Å²) in [4.78, 5) is 0. The smallest absolute Gasteiger partial charge is 0.156 e. The molecule has 1 fully saturated rings. The van der Waals surface area contributed by atoms with E-state index in [-0.39, 0.29) is 6.04 Å². The summed E-state index contributed by atoms with van der Waals surface area (Å²) < 4.78 is 0. The van der Waals surface area contributed by atoms with E-state index in [1.165, 1.54) is 19.3 Å². The molecule has 0 bridgehead atoms. The van der Waals surface area contributed by atoms with Crippen molar-refractivity contribution in [2.75, 3.05) is 0 Å². The summed E-state index contributed by atoms with van der Waals surface area (Å²) in [5, 5.41) is 15.2. The minimum Gasteiger partial charge on any atom is -0.409 e. The van der Waals surface area contributed by atoms with E-state index in [2.05, 4.69) is 24.3 Å². The number of hydrogen-bond acceptors (Lipinski definition) is 3. The van der Waals surface area contributed by atoms with Crippen LogP contribution in [-0.4, -0.2) is 23.1 Å². The van der Waals surface area contributed by atoms with Crippen molar-refractivity contribution in [3.63, 3.8) is 0 Å². The maximum absolute atomic E-state index is 8.66. The molecule has 2 unspecified atom stereocenters. The number of nitrogens with two attached hydrogens (primary N) is 1. The average molecular weight is 213 g/mol. The topological polar surface area (TPSA) is 70.6 Å². The van der Waals surface area contributed by atoms with Crippen molar-refractivity contribution in [1.82, 2.24) is 5.32 Å². The Labute approximate surface area is 91.9 Å². The lowest BCUT2D eigenvalue weighted by molar-refractivity contribution is 0.269. The van der Waals surface area contributed by atoms with Crippen molar-refractivity contribution in [3.8, 4) is 0 Å². The molecule has 4 N–H and O–H groups in total. The second-order valence-electron chi connectivity index (χ2n) is 5.09. The zero-order chi connectivity index (χ0) is 11.5. The zero-order valence-corrected chi connectivity index (χ0v) is 9.95. The highest BCUT2D eigenvalue weighted by atomic mass is 16.4. The van der Waals surface area contributed by atoms with E-state index in [4.69, 9.17) is 10.9 Å². The van der Waals surface area contributed by atoms with Crippen LogP contribution in [0, 0.1) is 5.41 Å². The highest BCUT2D eigenvalue weighted by Gasteiger charge is 2.35. The monoisotopic (exact) mass is 213 g/mol. The van der Waals surface area contributed by atoms with Crippen LogP contribution in [-0.2, 0) is 0 Å². The number of rotatable bonds is 4. The lowest BCUT2D eigenvalue weighted by Gasteiger charge is -2.31. The summed E-state index contributed by atoms with van der Waals surface area (Å²) in [5.74, 6) is 0.292. The number of amidine groups is 1. The van der Waals surface area contributed by atoms with E-state index in [1.807, 2.05) is 6.92 Å². The summed E-state index contributed by atoms with van der Waals surface area (Å²) in [6.45, 7) is 6.59. The van der Waals surface area contributed by atoms with Crippen LogP contribution >= 0.6 is 0 Å². The Morgan fingerprint density at radius 1 is 1.67 bits per heavy atom. The third-order valence-corrected chi connectivity index (χ3v) is 3.54. The summed E-state index contributed by atoms with van der Waals surface area (Å²) in [7, 11) is 0. The van der Waals surface area contributed by atoms with Crippen LogP contribution in [0.4, 0.5) is 0 Å². The molecule has 4 nitrogen and oxygen atoms in total. The first kappa shape index (κ1) is 12.3. The number of hydrogen-bond donors (Lipinski definition) is 3. The molecule has 1 saturated carbocycles. The summed E-state index contributed by atoms with van der Waals surface area (Å²) in [5.41, 5.74) is 5.95. The van der Waals surface area contributed by atoms with Crippen LogP contribution in [0.1, 0.15) is 46.5 Å². The minimum atomic E-state index is -0.00243. The molecule has 0 amide bonds. The van der Waals surface area contributed by atoms with Gasteiger partial charge in [0, 0.05) is 6.04 Å². The second kappa shape index (κ2) is 4.84. The molecule has 0 radical (unpaired) electrons. The molecule has 0 aromatic heterocycles. The van der Waals surface area contributed by atoms with Crippen molar-refractivity contribution >= 4 is 5.84 Å². The van der Waals surface area contributed by atoms with Crippen LogP contribution in [0.5, 0.6) is 0 Å². The van der Waals surface area contributed by atoms with E-state index in [9.17, 15) is 0 Å². The first-order valence-corrected chi connectivity index (χ1v) is 5.74. The van der Waals surface area contributed by atoms with E-state index in [0.29, 0.717) is 17.3 Å². The summed E-state index contributed by atoms with van der Waals surface area (Å²) in [6, 6.07) is 0.472. The summed E-state index contributed by atoms with van der Waals surface area (Å²) in [6.07, 6.45) is 4.54. The quantitative estimate of drug-likeness (QED) is 0.288. The molecule has 0 aliphatic heterocycles. The molecule has 0 heterocycles. The van der Waals surface area contributed by atoms with Gasteiger partial charge in [-0.25, -0.2) is 0 Å². The van der Waals surface area contributed by atoms with Crippen molar-refractivity contribution in [3.05, 3.63) is 0 Å². The molecule has 1 aliphatic carbocycles. The van der Waals surface area contributed by atoms with E-state index in [0.717, 1.165) is 6.42 Å². The van der Waals surface area contributed by atoms with E-state index in [1.54, 1.807) is 0 Å². The Hall–Kier alpha value is -0.770. The Morgan fingerprint density at radius 2 is 2.33 bits per heavy atom. The van der Waals surface area contributed by atoms with Gasteiger partial charge in [-0.3, -0.25) is 0 Å². The van der Waals surface area contributed by atoms with Crippen LogP contribution < -0.4 is 11.1 Å². The number of nitrogens with zero attached hydrogens (tertiary/aromatic N) is 1. The molecule has 0 spiro atoms. The Morgan fingerprint density at radius 3 is 2.73 bits per heavy atom. The van der Waals surface area contributed by atoms with Crippen LogP contribution in [0.25, 0.3) is 0 Å². The van der Waals surface area contributed by atoms with Crippen molar-refractivity contribution in [1.29, 1.82) is 0 Å². The number of nitrogens with one attached hydrogen (secondary N) is 1. The molecule has 0 saturated heterocycles. The normalized spacial score (nSPS) is 27.9. The van der Waals surface area contributed by atoms with Gasteiger partial charge >= 0.3 is 0 Å². The van der Waals surface area contributed by atoms with Gasteiger partial charge in [-0.2, -0.15) is 0 Å². The molecule has 88 valence electrons. The van der Waals surface area contributed by atoms with Crippen LogP contribution in [0.15, 0.2) is 5.16 Å². The Balaban J connectivity index is 2.59. The zero-order valence-electron chi connectivity index (χ0n) is 9.95. The fourth-order valence-electron chi connectivity index (χ4n) is 2.36. The second-order valence-corrected chi connectivity index (χ2v) is 5.09. The minimum absolute atomic E-state index is 0.00243. The van der Waals surface area contributed by atoms with Gasteiger partial charge in [0.15, 0.2) is 5.84 Å². The highest BCUT2D eigenvalue weighted by molar-refractivity contribution is 5.85. The van der Waals surface area contributed by atoms with Crippen molar-refractivity contribution in [2.24, 2.45) is 16.3 Å². The Kier molecular flexibility index (Phi) is 3.97. The largest absolute Gasteiger partial charge is 0.409 e. The van der Waals surface area contributed by atoms with Gasteiger partial charge in [-0.1, -0.05) is 32.3 Å². The molecule has 0 aromatic rings. The molecule has 0 aromatic carbocycles. The third kappa shape index (κ3) is 2.84. The third-order valence-electron chi connectivity index (χ3n) is 3.54. The predicted octanol–water partition coefficient (Wildman–Crippen LogP) is 1.68. The van der Waals surface area contributed by atoms with Crippen molar-refractivity contribution in [2.45, 2.75) is 58.5 Å². The van der Waals surface area contributed by atoms with E-state index < -0.39 is 0 Å². The Bertz CT molecular complexity index is 238. The lowest BCUT2D eigenvalue weighted by atomic mass is 9.87. The fourth-order valence-corrected chi connectivity index (χ4v) is 2.36. The first-order chi connectivity index (χ1) is 7.01. The average Bonchev–Trinajstić information content (AvgIpc) is 2.53. The predicted molar refractivity (Wildman–Crippen MR) is 62.0 cm³/mol. The molecular formula is C11H23N3O. The van der Waals surface area contributed by atoms with Gasteiger partial charge < -0.3 is 16.3 Å². The molecule has 1 aliphatic rings. The van der Waals surface area contributed by atoms with Crippen molar-refractivity contribution < 1.29 is 5.21 Å². The fraction of sp³-hybridized carbons (Fsp3) is 0.909. The standard InChI is InChI=1S/C11H23N3O/c1-4-8(10(12)14-15)13-9-6-5-7-11(9,2)3/h8-9,13,15H,4-7H2,1-3H3,(H2,12,14).